The van der Waals surface area contributed by atoms with Gasteiger partial charge in [0.25, 0.3) is 5.91 Å². The Labute approximate surface area is 140 Å². The summed E-state index contributed by atoms with van der Waals surface area (Å²) in [6.45, 7) is 5.99. The Balaban J connectivity index is 1.95. The van der Waals surface area contributed by atoms with Gasteiger partial charge in [-0.1, -0.05) is 17.7 Å². The van der Waals surface area contributed by atoms with Gasteiger partial charge in [0.05, 0.1) is 17.2 Å². The van der Waals surface area contributed by atoms with E-state index in [-0.39, 0.29) is 11.8 Å². The average Bonchev–Trinajstić information content (AvgIpc) is 2.91. The second-order valence-electron chi connectivity index (χ2n) is 5.62. The van der Waals surface area contributed by atoms with Gasteiger partial charge < -0.3 is 10.2 Å². The molecule has 0 aliphatic rings. The highest BCUT2D eigenvalue weighted by Crippen LogP contribution is 2.10. The fraction of sp³-hybridized carbons (Fsp3) is 0.353. The molecule has 5 nitrogen and oxygen atoms in total. The number of benzene rings is 1. The molecule has 122 valence electrons. The van der Waals surface area contributed by atoms with Crippen molar-refractivity contribution in [3.8, 4) is 0 Å². The van der Waals surface area contributed by atoms with Gasteiger partial charge in [0.1, 0.15) is 6.04 Å². The Bertz CT molecular complexity index is 711. The summed E-state index contributed by atoms with van der Waals surface area (Å²) >= 11 is 1.56. The summed E-state index contributed by atoms with van der Waals surface area (Å²) in [4.78, 5) is 30.5. The van der Waals surface area contributed by atoms with Gasteiger partial charge in [0, 0.05) is 18.0 Å². The number of hydrogen-bond donors (Lipinski definition) is 1. The summed E-state index contributed by atoms with van der Waals surface area (Å²) in [5, 5.41) is 5.66. The minimum Gasteiger partial charge on any atom is -0.341 e. The number of aromatic nitrogens is 1. The van der Waals surface area contributed by atoms with E-state index >= 15 is 0 Å². The molecule has 0 radical (unpaired) electrons. The van der Waals surface area contributed by atoms with Crippen molar-refractivity contribution in [1.82, 2.24) is 15.2 Å². The van der Waals surface area contributed by atoms with Gasteiger partial charge in [-0.05, 0) is 32.9 Å². The van der Waals surface area contributed by atoms with Crippen molar-refractivity contribution in [1.29, 1.82) is 0 Å². The maximum atomic E-state index is 12.4. The molecule has 2 amide bonds. The number of likely N-dealkylation sites (N-methyl/N-ethyl adjacent to an activating group) is 1. The van der Waals surface area contributed by atoms with E-state index in [0.717, 1.165) is 16.3 Å². The van der Waals surface area contributed by atoms with Crippen molar-refractivity contribution in [2.45, 2.75) is 33.4 Å². The summed E-state index contributed by atoms with van der Waals surface area (Å²) in [5.74, 6) is -0.385. The molecule has 1 unspecified atom stereocenters. The number of hydrogen-bond acceptors (Lipinski definition) is 4. The van der Waals surface area contributed by atoms with Gasteiger partial charge in [0.2, 0.25) is 5.91 Å². The number of aryl methyl sites for hydroxylation is 2. The minimum absolute atomic E-state index is 0.142. The first kappa shape index (κ1) is 17.1. The van der Waals surface area contributed by atoms with Crippen LogP contribution in [0.4, 0.5) is 0 Å². The molecule has 1 atom stereocenters. The third-order valence-electron chi connectivity index (χ3n) is 3.44. The molecular weight excluding hydrogens is 310 g/mol. The SMILES string of the molecule is Cc1cccc(C(=O)NC(C)C(=O)N(C)Cc2csc(C)n2)c1. The highest BCUT2D eigenvalue weighted by atomic mass is 32.1. The third kappa shape index (κ3) is 4.63. The molecule has 6 heteroatoms. The number of rotatable bonds is 5. The van der Waals surface area contributed by atoms with Gasteiger partial charge in [-0.2, -0.15) is 0 Å². The molecule has 0 saturated heterocycles. The lowest BCUT2D eigenvalue weighted by molar-refractivity contribution is -0.132. The standard InChI is InChI=1S/C17H21N3O2S/c1-11-6-5-7-14(8-11)16(21)18-12(2)17(22)20(4)9-15-10-23-13(3)19-15/h5-8,10,12H,9H2,1-4H3,(H,18,21). The van der Waals surface area contributed by atoms with Crippen LogP contribution in [-0.4, -0.2) is 34.8 Å². The minimum atomic E-state index is -0.590. The van der Waals surface area contributed by atoms with E-state index in [2.05, 4.69) is 10.3 Å². The smallest absolute Gasteiger partial charge is 0.251 e. The van der Waals surface area contributed by atoms with Crippen LogP contribution in [-0.2, 0) is 11.3 Å². The topological polar surface area (TPSA) is 62.3 Å². The number of thiazole rings is 1. The van der Waals surface area contributed by atoms with Gasteiger partial charge >= 0.3 is 0 Å². The molecular formula is C17H21N3O2S. The van der Waals surface area contributed by atoms with E-state index in [1.54, 1.807) is 42.3 Å². The van der Waals surface area contributed by atoms with Gasteiger partial charge in [-0.3, -0.25) is 9.59 Å². The van der Waals surface area contributed by atoms with Crippen molar-refractivity contribution in [3.63, 3.8) is 0 Å². The van der Waals surface area contributed by atoms with Crippen molar-refractivity contribution in [2.24, 2.45) is 0 Å². The van der Waals surface area contributed by atoms with Crippen LogP contribution in [0.1, 0.15) is 33.5 Å². The van der Waals surface area contributed by atoms with E-state index in [4.69, 9.17) is 0 Å². The Kier molecular flexibility index (Phi) is 5.50. The molecule has 0 aliphatic carbocycles. The van der Waals surface area contributed by atoms with E-state index in [1.807, 2.05) is 31.4 Å². The van der Waals surface area contributed by atoms with Crippen LogP contribution in [0.2, 0.25) is 0 Å². The van der Waals surface area contributed by atoms with Crippen molar-refractivity contribution in [3.05, 3.63) is 51.5 Å². The van der Waals surface area contributed by atoms with E-state index in [0.29, 0.717) is 12.1 Å². The molecule has 0 spiro atoms. The number of nitrogens with one attached hydrogen (secondary N) is 1. The summed E-state index contributed by atoms with van der Waals surface area (Å²) in [5.41, 5.74) is 2.43. The van der Waals surface area contributed by atoms with Gasteiger partial charge in [-0.15, -0.1) is 11.3 Å². The number of amides is 2. The third-order valence-corrected chi connectivity index (χ3v) is 4.26. The molecule has 0 bridgehead atoms. The Morgan fingerprint density at radius 1 is 1.35 bits per heavy atom. The predicted octanol–water partition coefficient (Wildman–Crippen LogP) is 2.54. The number of carbonyl (C=O) groups excluding carboxylic acids is 2. The van der Waals surface area contributed by atoms with Gasteiger partial charge in [-0.25, -0.2) is 4.98 Å². The first-order valence-electron chi connectivity index (χ1n) is 7.40. The molecule has 0 fully saturated rings. The second kappa shape index (κ2) is 7.37. The van der Waals surface area contributed by atoms with Crippen molar-refractivity contribution in [2.75, 3.05) is 7.05 Å². The highest BCUT2D eigenvalue weighted by Gasteiger charge is 2.20. The van der Waals surface area contributed by atoms with Crippen LogP contribution >= 0.6 is 11.3 Å². The first-order valence-corrected chi connectivity index (χ1v) is 8.28. The molecule has 1 heterocycles. The van der Waals surface area contributed by atoms with E-state index in [1.165, 1.54) is 0 Å². The maximum absolute atomic E-state index is 12.4. The lowest BCUT2D eigenvalue weighted by Gasteiger charge is -2.21. The fourth-order valence-corrected chi connectivity index (χ4v) is 2.86. The Morgan fingerprint density at radius 2 is 2.09 bits per heavy atom. The van der Waals surface area contributed by atoms with Crippen molar-refractivity contribution < 1.29 is 9.59 Å². The van der Waals surface area contributed by atoms with E-state index < -0.39 is 6.04 Å². The molecule has 1 N–H and O–H groups in total. The zero-order valence-corrected chi connectivity index (χ0v) is 14.6. The molecule has 1 aromatic carbocycles. The zero-order chi connectivity index (χ0) is 17.0. The monoisotopic (exact) mass is 331 g/mol. The van der Waals surface area contributed by atoms with Crippen LogP contribution in [0, 0.1) is 13.8 Å². The number of nitrogens with zero attached hydrogens (tertiary/aromatic N) is 2. The van der Waals surface area contributed by atoms with Crippen LogP contribution < -0.4 is 5.32 Å². The normalized spacial score (nSPS) is 11.8. The zero-order valence-electron chi connectivity index (χ0n) is 13.8. The molecule has 2 rings (SSSR count). The fourth-order valence-electron chi connectivity index (χ4n) is 2.26. The van der Waals surface area contributed by atoms with Crippen LogP contribution in [0.5, 0.6) is 0 Å². The molecule has 0 saturated carbocycles. The quantitative estimate of drug-likeness (QED) is 0.916. The molecule has 1 aromatic heterocycles. The lowest BCUT2D eigenvalue weighted by Crippen LogP contribution is -2.45. The summed E-state index contributed by atoms with van der Waals surface area (Å²) < 4.78 is 0. The number of carbonyl (C=O) groups is 2. The highest BCUT2D eigenvalue weighted by molar-refractivity contribution is 7.09. The van der Waals surface area contributed by atoms with Crippen LogP contribution in [0.15, 0.2) is 29.6 Å². The summed E-state index contributed by atoms with van der Waals surface area (Å²) in [7, 11) is 1.71. The van der Waals surface area contributed by atoms with Crippen molar-refractivity contribution >= 4 is 23.2 Å². The molecule has 0 aliphatic heterocycles. The Morgan fingerprint density at radius 3 is 2.70 bits per heavy atom. The lowest BCUT2D eigenvalue weighted by atomic mass is 10.1. The van der Waals surface area contributed by atoms with Crippen LogP contribution in [0.3, 0.4) is 0 Å². The first-order chi connectivity index (χ1) is 10.9. The molecule has 2 aromatic rings. The van der Waals surface area contributed by atoms with Gasteiger partial charge in [0.15, 0.2) is 0 Å². The van der Waals surface area contributed by atoms with Crippen LogP contribution in [0.25, 0.3) is 0 Å². The predicted molar refractivity (Wildman–Crippen MR) is 91.4 cm³/mol. The molecule has 23 heavy (non-hydrogen) atoms. The second-order valence-corrected chi connectivity index (χ2v) is 6.68. The maximum Gasteiger partial charge on any atom is 0.251 e. The largest absolute Gasteiger partial charge is 0.341 e. The summed E-state index contributed by atoms with van der Waals surface area (Å²) in [6, 6.07) is 6.70. The van der Waals surface area contributed by atoms with E-state index in [9.17, 15) is 9.59 Å². The Hall–Kier alpha value is -2.21. The average molecular weight is 331 g/mol. The summed E-state index contributed by atoms with van der Waals surface area (Å²) in [6.07, 6.45) is 0.